The van der Waals surface area contributed by atoms with E-state index in [2.05, 4.69) is 48.0 Å². The fraction of sp³-hybridized carbons (Fsp3) is 0.462. The smallest absolute Gasteiger partial charge is 0.225 e. The summed E-state index contributed by atoms with van der Waals surface area (Å²) in [6.45, 7) is 13.5. The van der Waals surface area contributed by atoms with Crippen LogP contribution in [-0.2, 0) is 11.3 Å². The predicted molar refractivity (Wildman–Crippen MR) is 126 cm³/mol. The van der Waals surface area contributed by atoms with Crippen LogP contribution in [0.15, 0.2) is 42.5 Å². The topological polar surface area (TPSA) is 56.1 Å². The molecule has 1 atom stereocenters. The van der Waals surface area contributed by atoms with Crippen molar-refractivity contribution >= 4 is 16.9 Å². The lowest BCUT2D eigenvalue weighted by molar-refractivity contribution is -0.129. The quantitative estimate of drug-likeness (QED) is 0.472. The lowest BCUT2D eigenvalue weighted by atomic mass is 9.95. The van der Waals surface area contributed by atoms with Gasteiger partial charge in [-0.25, -0.2) is 4.98 Å². The van der Waals surface area contributed by atoms with Gasteiger partial charge in [0, 0.05) is 12.0 Å². The molecular formula is C26H35N3O2. The van der Waals surface area contributed by atoms with E-state index in [0.29, 0.717) is 6.61 Å². The Hall–Kier alpha value is -2.82. The molecule has 166 valence electrons. The lowest BCUT2D eigenvalue weighted by Crippen LogP contribution is -2.37. The maximum absolute atomic E-state index is 12.5. The van der Waals surface area contributed by atoms with E-state index in [1.807, 2.05) is 45.9 Å². The molecule has 0 spiro atoms. The van der Waals surface area contributed by atoms with E-state index in [1.54, 1.807) is 0 Å². The van der Waals surface area contributed by atoms with Crippen LogP contribution in [0.4, 0.5) is 0 Å². The van der Waals surface area contributed by atoms with E-state index in [9.17, 15) is 4.79 Å². The molecule has 0 aliphatic heterocycles. The van der Waals surface area contributed by atoms with Crippen molar-refractivity contribution in [3.05, 3.63) is 59.4 Å². The number of aryl methyl sites for hydroxylation is 3. The molecule has 0 aliphatic rings. The number of imidazole rings is 1. The van der Waals surface area contributed by atoms with Crippen molar-refractivity contribution in [2.75, 3.05) is 6.61 Å². The second kappa shape index (κ2) is 9.54. The molecular weight excluding hydrogens is 386 g/mol. The Balaban J connectivity index is 1.67. The Bertz CT molecular complexity index is 1050. The average Bonchev–Trinajstić information content (AvgIpc) is 3.08. The van der Waals surface area contributed by atoms with Gasteiger partial charge in [-0.1, -0.05) is 45.0 Å². The first-order valence-electron chi connectivity index (χ1n) is 11.1. The summed E-state index contributed by atoms with van der Waals surface area (Å²) >= 11 is 0. The van der Waals surface area contributed by atoms with Gasteiger partial charge < -0.3 is 14.6 Å². The summed E-state index contributed by atoms with van der Waals surface area (Å²) in [5.74, 6) is 1.89. The SMILES string of the molecule is Cc1ccc(C)c(OCCCCn2c(C(C)NC(=O)C(C)(C)C)nc3ccccc32)c1. The fourth-order valence-electron chi connectivity index (χ4n) is 3.55. The summed E-state index contributed by atoms with van der Waals surface area (Å²) in [5, 5.41) is 3.13. The Labute approximate surface area is 185 Å². The van der Waals surface area contributed by atoms with Gasteiger partial charge in [-0.15, -0.1) is 0 Å². The zero-order chi connectivity index (χ0) is 22.6. The number of rotatable bonds is 8. The van der Waals surface area contributed by atoms with Gasteiger partial charge in [-0.05, 0) is 62.9 Å². The van der Waals surface area contributed by atoms with Gasteiger partial charge in [0.2, 0.25) is 5.91 Å². The van der Waals surface area contributed by atoms with Crippen molar-refractivity contribution in [2.24, 2.45) is 5.41 Å². The lowest BCUT2D eigenvalue weighted by Gasteiger charge is -2.22. The Morgan fingerprint density at radius 2 is 1.87 bits per heavy atom. The molecule has 1 N–H and O–H groups in total. The number of amides is 1. The van der Waals surface area contributed by atoms with E-state index < -0.39 is 5.41 Å². The van der Waals surface area contributed by atoms with Gasteiger partial charge in [0.25, 0.3) is 0 Å². The highest BCUT2D eigenvalue weighted by Crippen LogP contribution is 2.24. The maximum atomic E-state index is 12.5. The Kier molecular flexibility index (Phi) is 7.04. The molecule has 1 unspecified atom stereocenters. The van der Waals surface area contributed by atoms with Crippen LogP contribution in [0.3, 0.4) is 0 Å². The zero-order valence-corrected chi connectivity index (χ0v) is 19.7. The first-order valence-corrected chi connectivity index (χ1v) is 11.1. The van der Waals surface area contributed by atoms with Crippen LogP contribution in [0, 0.1) is 19.3 Å². The molecule has 1 aromatic heterocycles. The molecule has 1 amide bonds. The van der Waals surface area contributed by atoms with Crippen molar-refractivity contribution in [1.82, 2.24) is 14.9 Å². The van der Waals surface area contributed by atoms with Crippen LogP contribution < -0.4 is 10.1 Å². The first-order chi connectivity index (χ1) is 14.7. The third kappa shape index (κ3) is 5.66. The molecule has 0 aliphatic carbocycles. The molecule has 3 aromatic rings. The van der Waals surface area contributed by atoms with Gasteiger partial charge in [-0.3, -0.25) is 4.79 Å². The van der Waals surface area contributed by atoms with Crippen LogP contribution in [0.1, 0.15) is 63.5 Å². The van der Waals surface area contributed by atoms with E-state index in [0.717, 1.165) is 47.6 Å². The number of carbonyl (C=O) groups excluding carboxylic acids is 1. The normalized spacial score (nSPS) is 12.7. The van der Waals surface area contributed by atoms with Crippen molar-refractivity contribution in [3.8, 4) is 5.75 Å². The summed E-state index contributed by atoms with van der Waals surface area (Å²) in [6, 6.07) is 14.3. The molecule has 1 heterocycles. The minimum atomic E-state index is -0.434. The molecule has 0 saturated carbocycles. The molecule has 0 radical (unpaired) electrons. The molecule has 31 heavy (non-hydrogen) atoms. The molecule has 0 saturated heterocycles. The molecule has 0 bridgehead atoms. The van der Waals surface area contributed by atoms with Crippen LogP contribution in [0.2, 0.25) is 0 Å². The van der Waals surface area contributed by atoms with Gasteiger partial charge in [0.1, 0.15) is 11.6 Å². The van der Waals surface area contributed by atoms with E-state index in [1.165, 1.54) is 5.56 Å². The maximum Gasteiger partial charge on any atom is 0.225 e. The van der Waals surface area contributed by atoms with Crippen LogP contribution >= 0.6 is 0 Å². The largest absolute Gasteiger partial charge is 0.493 e. The van der Waals surface area contributed by atoms with Crippen molar-refractivity contribution < 1.29 is 9.53 Å². The van der Waals surface area contributed by atoms with Gasteiger partial charge in [-0.2, -0.15) is 0 Å². The summed E-state index contributed by atoms with van der Waals surface area (Å²) in [5.41, 5.74) is 4.00. The number of nitrogens with one attached hydrogen (secondary N) is 1. The van der Waals surface area contributed by atoms with Crippen molar-refractivity contribution in [2.45, 2.75) is 67.0 Å². The number of benzene rings is 2. The Morgan fingerprint density at radius 1 is 1.13 bits per heavy atom. The fourth-order valence-corrected chi connectivity index (χ4v) is 3.55. The number of para-hydroxylation sites is 2. The first kappa shape index (κ1) is 22.9. The number of carbonyl (C=O) groups is 1. The number of ether oxygens (including phenoxy) is 1. The number of hydrogen-bond acceptors (Lipinski definition) is 3. The number of nitrogens with zero attached hydrogens (tertiary/aromatic N) is 2. The predicted octanol–water partition coefficient (Wildman–Crippen LogP) is 5.74. The highest BCUT2D eigenvalue weighted by atomic mass is 16.5. The summed E-state index contributed by atoms with van der Waals surface area (Å²) in [4.78, 5) is 17.3. The van der Waals surface area contributed by atoms with Gasteiger partial charge in [0.15, 0.2) is 0 Å². The van der Waals surface area contributed by atoms with Crippen molar-refractivity contribution in [3.63, 3.8) is 0 Å². The third-order valence-electron chi connectivity index (χ3n) is 5.48. The van der Waals surface area contributed by atoms with Gasteiger partial charge >= 0.3 is 0 Å². The van der Waals surface area contributed by atoms with Crippen molar-refractivity contribution in [1.29, 1.82) is 0 Å². The number of unbranched alkanes of at least 4 members (excludes halogenated alkanes) is 1. The number of fused-ring (bicyclic) bond motifs is 1. The van der Waals surface area contributed by atoms with Crippen LogP contribution in [0.5, 0.6) is 5.75 Å². The summed E-state index contributed by atoms with van der Waals surface area (Å²) in [6.07, 6.45) is 1.92. The van der Waals surface area contributed by atoms with Crippen LogP contribution in [-0.4, -0.2) is 22.1 Å². The Morgan fingerprint density at radius 3 is 2.61 bits per heavy atom. The van der Waals surface area contributed by atoms with Gasteiger partial charge in [0.05, 0.1) is 23.7 Å². The van der Waals surface area contributed by atoms with E-state index in [-0.39, 0.29) is 11.9 Å². The van der Waals surface area contributed by atoms with E-state index >= 15 is 0 Å². The third-order valence-corrected chi connectivity index (χ3v) is 5.48. The minimum Gasteiger partial charge on any atom is -0.493 e. The number of aromatic nitrogens is 2. The summed E-state index contributed by atoms with van der Waals surface area (Å²) in [7, 11) is 0. The second-order valence-corrected chi connectivity index (χ2v) is 9.38. The van der Waals surface area contributed by atoms with E-state index in [4.69, 9.17) is 9.72 Å². The minimum absolute atomic E-state index is 0.0283. The highest BCUT2D eigenvalue weighted by molar-refractivity contribution is 5.82. The van der Waals surface area contributed by atoms with Crippen LogP contribution in [0.25, 0.3) is 11.0 Å². The zero-order valence-electron chi connectivity index (χ0n) is 19.7. The molecule has 3 rings (SSSR count). The standard InChI is InChI=1S/C26H35N3O2/c1-18-13-14-19(2)23(17-18)31-16-10-9-15-29-22-12-8-7-11-21(22)28-24(29)20(3)27-25(30)26(4,5)6/h7-8,11-14,17,20H,9-10,15-16H2,1-6H3,(H,27,30). The molecule has 5 heteroatoms. The number of hydrogen-bond donors (Lipinski definition) is 1. The monoisotopic (exact) mass is 421 g/mol. The molecule has 2 aromatic carbocycles. The summed E-state index contributed by atoms with van der Waals surface area (Å²) < 4.78 is 8.25. The average molecular weight is 422 g/mol. The highest BCUT2D eigenvalue weighted by Gasteiger charge is 2.25. The molecule has 0 fully saturated rings. The second-order valence-electron chi connectivity index (χ2n) is 9.38. The molecule has 5 nitrogen and oxygen atoms in total.